The largest absolute Gasteiger partial charge is 0.493 e. The van der Waals surface area contributed by atoms with E-state index in [0.29, 0.717) is 18.3 Å². The van der Waals surface area contributed by atoms with Gasteiger partial charge in [0.05, 0.1) is 6.61 Å². The van der Waals surface area contributed by atoms with Gasteiger partial charge in [0, 0.05) is 25.4 Å². The minimum Gasteiger partial charge on any atom is -0.493 e. The van der Waals surface area contributed by atoms with Crippen LogP contribution in [0.3, 0.4) is 0 Å². The second-order valence-electron chi connectivity index (χ2n) is 5.88. The number of aliphatic carboxylic acids is 1. The molecule has 1 saturated heterocycles. The number of para-hydroxylation sites is 1. The van der Waals surface area contributed by atoms with Crippen LogP contribution >= 0.6 is 0 Å². The van der Waals surface area contributed by atoms with Gasteiger partial charge in [0.1, 0.15) is 5.75 Å². The van der Waals surface area contributed by atoms with Crippen molar-refractivity contribution >= 4 is 5.97 Å². The summed E-state index contributed by atoms with van der Waals surface area (Å²) in [6.07, 6.45) is 2.37. The van der Waals surface area contributed by atoms with E-state index in [2.05, 4.69) is 17.0 Å². The highest BCUT2D eigenvalue weighted by Gasteiger charge is 2.28. The number of carboxylic acids is 1. The molecule has 3 rings (SSSR count). The molecule has 0 radical (unpaired) electrons. The Hall–Kier alpha value is -1.55. The average molecular weight is 275 g/mol. The number of nitrogens with zero attached hydrogens (tertiary/aromatic N) is 1. The third-order valence-electron chi connectivity index (χ3n) is 4.39. The van der Waals surface area contributed by atoms with Gasteiger partial charge in [-0.05, 0) is 36.9 Å². The fraction of sp³-hybridized carbons (Fsp3) is 0.562. The smallest absolute Gasteiger partial charge is 0.303 e. The van der Waals surface area contributed by atoms with Gasteiger partial charge in [-0.3, -0.25) is 4.79 Å². The Morgan fingerprint density at radius 3 is 3.05 bits per heavy atom. The first-order valence-electron chi connectivity index (χ1n) is 7.38. The van der Waals surface area contributed by atoms with Crippen LogP contribution in [0.1, 0.15) is 30.7 Å². The van der Waals surface area contributed by atoms with Crippen LogP contribution in [-0.4, -0.2) is 42.2 Å². The van der Waals surface area contributed by atoms with E-state index in [4.69, 9.17) is 9.84 Å². The lowest BCUT2D eigenvalue weighted by molar-refractivity contribution is -0.138. The zero-order chi connectivity index (χ0) is 13.9. The van der Waals surface area contributed by atoms with Crippen LogP contribution in [0.2, 0.25) is 0 Å². The topological polar surface area (TPSA) is 49.8 Å². The van der Waals surface area contributed by atoms with Crippen LogP contribution in [0.5, 0.6) is 5.75 Å². The molecule has 0 aromatic heterocycles. The molecular weight excluding hydrogens is 254 g/mol. The quantitative estimate of drug-likeness (QED) is 0.916. The van der Waals surface area contributed by atoms with E-state index in [1.807, 2.05) is 12.1 Å². The van der Waals surface area contributed by atoms with Crippen LogP contribution in [-0.2, 0) is 4.79 Å². The second kappa shape index (κ2) is 5.83. The highest BCUT2D eigenvalue weighted by Crippen LogP contribution is 2.34. The third-order valence-corrected chi connectivity index (χ3v) is 4.39. The Bertz CT molecular complexity index is 488. The number of hydrogen-bond donors (Lipinski definition) is 1. The van der Waals surface area contributed by atoms with Gasteiger partial charge < -0.3 is 14.7 Å². The number of rotatable bonds is 4. The number of likely N-dealkylation sites (tertiary alicyclic amines) is 1. The fourth-order valence-electron chi connectivity index (χ4n) is 3.41. The van der Waals surface area contributed by atoms with Crippen molar-refractivity contribution in [3.63, 3.8) is 0 Å². The van der Waals surface area contributed by atoms with Crippen molar-refractivity contribution in [1.82, 2.24) is 4.90 Å². The first kappa shape index (κ1) is 13.4. The molecule has 0 bridgehead atoms. The number of hydrogen-bond acceptors (Lipinski definition) is 3. The molecule has 4 heteroatoms. The van der Waals surface area contributed by atoms with E-state index in [1.54, 1.807) is 0 Å². The maximum atomic E-state index is 10.8. The summed E-state index contributed by atoms with van der Waals surface area (Å²) in [5, 5.41) is 8.88. The molecule has 0 spiro atoms. The van der Waals surface area contributed by atoms with E-state index < -0.39 is 5.97 Å². The van der Waals surface area contributed by atoms with Gasteiger partial charge >= 0.3 is 5.97 Å². The van der Waals surface area contributed by atoms with Crippen molar-refractivity contribution < 1.29 is 14.6 Å². The summed E-state index contributed by atoms with van der Waals surface area (Å²) in [5.41, 5.74) is 1.31. The van der Waals surface area contributed by atoms with Crippen LogP contribution in [0.15, 0.2) is 24.3 Å². The van der Waals surface area contributed by atoms with Crippen molar-refractivity contribution in [2.45, 2.75) is 25.2 Å². The van der Waals surface area contributed by atoms with E-state index in [-0.39, 0.29) is 0 Å². The minimum absolute atomic E-state index is 0.306. The van der Waals surface area contributed by atoms with Crippen molar-refractivity contribution in [3.8, 4) is 5.75 Å². The van der Waals surface area contributed by atoms with Crippen LogP contribution in [0, 0.1) is 5.92 Å². The van der Waals surface area contributed by atoms with E-state index >= 15 is 0 Å². The molecule has 2 aliphatic rings. The molecule has 4 nitrogen and oxygen atoms in total. The van der Waals surface area contributed by atoms with Crippen LogP contribution in [0.4, 0.5) is 0 Å². The highest BCUT2D eigenvalue weighted by atomic mass is 16.5. The molecule has 1 aromatic rings. The Morgan fingerprint density at radius 2 is 2.20 bits per heavy atom. The predicted octanol–water partition coefficient (Wildman–Crippen LogP) is 2.35. The number of ether oxygens (including phenoxy) is 1. The Morgan fingerprint density at radius 1 is 1.35 bits per heavy atom. The fourth-order valence-corrected chi connectivity index (χ4v) is 3.41. The molecule has 2 unspecified atom stereocenters. The first-order chi connectivity index (χ1) is 9.72. The molecule has 2 aliphatic heterocycles. The lowest BCUT2D eigenvalue weighted by Crippen LogP contribution is -2.29. The van der Waals surface area contributed by atoms with Gasteiger partial charge in [-0.25, -0.2) is 0 Å². The Balaban J connectivity index is 1.61. The molecule has 2 atom stereocenters. The number of carbonyl (C=O) groups is 1. The SMILES string of the molecule is O=C(O)CC1CCN(CC2CCOc3ccccc32)C1. The van der Waals surface area contributed by atoms with Crippen LogP contribution in [0.25, 0.3) is 0 Å². The lowest BCUT2D eigenvalue weighted by atomic mass is 9.92. The van der Waals surface area contributed by atoms with Crippen LogP contribution < -0.4 is 4.74 Å². The maximum absolute atomic E-state index is 10.8. The zero-order valence-electron chi connectivity index (χ0n) is 11.6. The lowest BCUT2D eigenvalue weighted by Gasteiger charge is -2.29. The summed E-state index contributed by atoms with van der Waals surface area (Å²) in [6, 6.07) is 8.28. The third kappa shape index (κ3) is 2.96. The highest BCUT2D eigenvalue weighted by molar-refractivity contribution is 5.67. The number of benzene rings is 1. The normalized spacial score (nSPS) is 26.0. The van der Waals surface area contributed by atoms with E-state index in [1.165, 1.54) is 5.56 Å². The first-order valence-corrected chi connectivity index (χ1v) is 7.38. The van der Waals surface area contributed by atoms with Gasteiger partial charge in [0.25, 0.3) is 0 Å². The zero-order valence-corrected chi connectivity index (χ0v) is 11.6. The Labute approximate surface area is 119 Å². The van der Waals surface area contributed by atoms with E-state index in [0.717, 1.165) is 44.8 Å². The standard InChI is InChI=1S/C16H21NO3/c18-16(19)9-12-5-7-17(10-12)11-13-6-8-20-15-4-2-1-3-14(13)15/h1-4,12-13H,5-11H2,(H,18,19). The second-order valence-corrected chi connectivity index (χ2v) is 5.88. The van der Waals surface area contributed by atoms with Gasteiger partial charge in [0.2, 0.25) is 0 Å². The van der Waals surface area contributed by atoms with Crippen molar-refractivity contribution in [2.75, 3.05) is 26.2 Å². The number of carboxylic acid groups (broad SMARTS) is 1. The molecule has 0 saturated carbocycles. The van der Waals surface area contributed by atoms with Crippen molar-refractivity contribution in [3.05, 3.63) is 29.8 Å². The van der Waals surface area contributed by atoms with Gasteiger partial charge in [0.15, 0.2) is 0 Å². The predicted molar refractivity (Wildman–Crippen MR) is 76.1 cm³/mol. The average Bonchev–Trinajstić information content (AvgIpc) is 2.86. The molecular formula is C16H21NO3. The molecule has 108 valence electrons. The monoisotopic (exact) mass is 275 g/mol. The summed E-state index contributed by atoms with van der Waals surface area (Å²) < 4.78 is 5.70. The van der Waals surface area contributed by atoms with Gasteiger partial charge in [-0.15, -0.1) is 0 Å². The molecule has 1 fully saturated rings. The molecule has 0 amide bonds. The molecule has 1 aromatic carbocycles. The summed E-state index contributed by atoms with van der Waals surface area (Å²) in [7, 11) is 0. The molecule has 20 heavy (non-hydrogen) atoms. The van der Waals surface area contributed by atoms with Crippen molar-refractivity contribution in [2.24, 2.45) is 5.92 Å². The minimum atomic E-state index is -0.673. The molecule has 1 N–H and O–H groups in total. The maximum Gasteiger partial charge on any atom is 0.303 e. The Kier molecular flexibility index (Phi) is 3.92. The summed E-state index contributed by atoms with van der Waals surface area (Å²) in [5.74, 6) is 1.18. The molecule has 0 aliphatic carbocycles. The van der Waals surface area contributed by atoms with Gasteiger partial charge in [-0.2, -0.15) is 0 Å². The van der Waals surface area contributed by atoms with Crippen molar-refractivity contribution in [1.29, 1.82) is 0 Å². The molecule has 2 heterocycles. The summed E-state index contributed by atoms with van der Waals surface area (Å²) >= 11 is 0. The summed E-state index contributed by atoms with van der Waals surface area (Å²) in [6.45, 7) is 3.76. The van der Waals surface area contributed by atoms with Gasteiger partial charge in [-0.1, -0.05) is 18.2 Å². The van der Waals surface area contributed by atoms with E-state index in [9.17, 15) is 4.79 Å². The number of fused-ring (bicyclic) bond motifs is 1. The summed E-state index contributed by atoms with van der Waals surface area (Å²) in [4.78, 5) is 13.2.